The Labute approximate surface area is 147 Å². The van der Waals surface area contributed by atoms with Gasteiger partial charge in [0.15, 0.2) is 0 Å². The van der Waals surface area contributed by atoms with Crippen LogP contribution in [0, 0.1) is 0 Å². The molecule has 0 fully saturated rings. The van der Waals surface area contributed by atoms with Gasteiger partial charge in [-0.25, -0.2) is 0 Å². The van der Waals surface area contributed by atoms with Crippen molar-refractivity contribution in [2.75, 3.05) is 13.7 Å². The molecule has 1 atom stereocenters. The van der Waals surface area contributed by atoms with E-state index in [1.54, 1.807) is 25.3 Å². The fourth-order valence-corrected chi connectivity index (χ4v) is 2.53. The summed E-state index contributed by atoms with van der Waals surface area (Å²) >= 11 is 5.89. The molecule has 1 N–H and O–H groups in total. The topological polar surface area (TPSA) is 47.6 Å². The Kier molecular flexibility index (Phi) is 6.64. The third kappa shape index (κ3) is 4.73. The highest BCUT2D eigenvalue weighted by molar-refractivity contribution is 6.30. The van der Waals surface area contributed by atoms with E-state index in [9.17, 15) is 4.79 Å². The average Bonchev–Trinajstić information content (AvgIpc) is 2.57. The van der Waals surface area contributed by atoms with E-state index in [2.05, 4.69) is 5.32 Å². The van der Waals surface area contributed by atoms with Gasteiger partial charge in [-0.2, -0.15) is 0 Å². The van der Waals surface area contributed by atoms with Gasteiger partial charge in [-0.3, -0.25) is 4.79 Å². The first kappa shape index (κ1) is 18.3. The van der Waals surface area contributed by atoms with E-state index in [1.807, 2.05) is 38.1 Å². The summed E-state index contributed by atoms with van der Waals surface area (Å²) in [5, 5.41) is 3.66. The van der Waals surface area contributed by atoms with Gasteiger partial charge in [0.2, 0.25) is 0 Å². The van der Waals surface area contributed by atoms with Gasteiger partial charge >= 0.3 is 0 Å². The van der Waals surface area contributed by atoms with Crippen LogP contribution in [0.25, 0.3) is 0 Å². The molecule has 0 spiro atoms. The van der Waals surface area contributed by atoms with Crippen molar-refractivity contribution in [3.8, 4) is 5.75 Å². The van der Waals surface area contributed by atoms with Crippen LogP contribution in [0.5, 0.6) is 5.75 Å². The summed E-state index contributed by atoms with van der Waals surface area (Å²) < 4.78 is 10.7. The Balaban J connectivity index is 2.13. The smallest absolute Gasteiger partial charge is 0.251 e. The molecule has 5 heteroatoms. The minimum Gasteiger partial charge on any atom is -0.494 e. The SMILES string of the molecule is CCOc1ccc(C(=O)N[C@@H](C)c2ccc(Cl)cc2)cc1COC. The lowest BCUT2D eigenvalue weighted by atomic mass is 10.1. The Morgan fingerprint density at radius 1 is 1.21 bits per heavy atom. The van der Waals surface area contributed by atoms with Crippen molar-refractivity contribution in [1.82, 2.24) is 5.32 Å². The summed E-state index contributed by atoms with van der Waals surface area (Å²) in [5.41, 5.74) is 2.42. The van der Waals surface area contributed by atoms with E-state index in [0.717, 1.165) is 16.9 Å². The number of benzene rings is 2. The molecule has 4 nitrogen and oxygen atoms in total. The Morgan fingerprint density at radius 3 is 2.54 bits per heavy atom. The number of ether oxygens (including phenoxy) is 2. The molecule has 0 radical (unpaired) electrons. The monoisotopic (exact) mass is 347 g/mol. The van der Waals surface area contributed by atoms with Crippen LogP contribution < -0.4 is 10.1 Å². The van der Waals surface area contributed by atoms with Crippen molar-refractivity contribution in [3.63, 3.8) is 0 Å². The number of hydrogen-bond acceptors (Lipinski definition) is 3. The highest BCUT2D eigenvalue weighted by Gasteiger charge is 2.14. The van der Waals surface area contributed by atoms with E-state index in [1.165, 1.54) is 0 Å². The van der Waals surface area contributed by atoms with Gasteiger partial charge in [0.1, 0.15) is 5.75 Å². The molecule has 2 aromatic rings. The van der Waals surface area contributed by atoms with Crippen LogP contribution in [0.4, 0.5) is 0 Å². The normalized spacial score (nSPS) is 11.8. The number of carbonyl (C=O) groups is 1. The molecule has 0 aliphatic rings. The Bertz CT molecular complexity index is 686. The molecule has 0 aliphatic carbocycles. The molecule has 0 bridgehead atoms. The first-order chi connectivity index (χ1) is 11.5. The van der Waals surface area contributed by atoms with Crippen molar-refractivity contribution < 1.29 is 14.3 Å². The van der Waals surface area contributed by atoms with Crippen molar-refractivity contribution in [3.05, 3.63) is 64.2 Å². The zero-order chi connectivity index (χ0) is 17.5. The lowest BCUT2D eigenvalue weighted by Gasteiger charge is -2.16. The summed E-state index contributed by atoms with van der Waals surface area (Å²) in [6, 6.07) is 12.7. The molecule has 0 aliphatic heterocycles. The number of rotatable bonds is 7. The molecule has 2 aromatic carbocycles. The highest BCUT2D eigenvalue weighted by Crippen LogP contribution is 2.22. The van der Waals surface area contributed by atoms with E-state index in [-0.39, 0.29) is 11.9 Å². The van der Waals surface area contributed by atoms with Crippen LogP contribution in [0.1, 0.15) is 41.4 Å². The van der Waals surface area contributed by atoms with Crippen LogP contribution in [0.15, 0.2) is 42.5 Å². The summed E-state index contributed by atoms with van der Waals surface area (Å²) in [4.78, 5) is 12.5. The van der Waals surface area contributed by atoms with Gasteiger partial charge in [0.05, 0.1) is 19.3 Å². The second-order valence-electron chi connectivity index (χ2n) is 5.44. The zero-order valence-corrected chi connectivity index (χ0v) is 14.9. The van der Waals surface area contributed by atoms with Gasteiger partial charge in [0.25, 0.3) is 5.91 Å². The number of nitrogens with one attached hydrogen (secondary N) is 1. The summed E-state index contributed by atoms with van der Waals surface area (Å²) in [5.74, 6) is 0.597. The quantitative estimate of drug-likeness (QED) is 0.808. The van der Waals surface area contributed by atoms with Gasteiger partial charge < -0.3 is 14.8 Å². The van der Waals surface area contributed by atoms with Crippen LogP contribution in [0.3, 0.4) is 0 Å². The molecule has 128 valence electrons. The van der Waals surface area contributed by atoms with Crippen LogP contribution in [-0.4, -0.2) is 19.6 Å². The largest absolute Gasteiger partial charge is 0.494 e. The lowest BCUT2D eigenvalue weighted by molar-refractivity contribution is 0.0939. The Hall–Kier alpha value is -2.04. The molecule has 0 heterocycles. The van der Waals surface area contributed by atoms with E-state index >= 15 is 0 Å². The van der Waals surface area contributed by atoms with E-state index in [0.29, 0.717) is 23.8 Å². The third-order valence-corrected chi connectivity index (χ3v) is 3.89. The minimum atomic E-state index is -0.141. The molecule has 0 saturated heterocycles. The van der Waals surface area contributed by atoms with Crippen molar-refractivity contribution in [1.29, 1.82) is 0 Å². The van der Waals surface area contributed by atoms with Crippen LogP contribution in [-0.2, 0) is 11.3 Å². The second kappa shape index (κ2) is 8.71. The predicted octanol–water partition coefficient (Wildman–Crippen LogP) is 4.38. The molecular formula is C19H22ClNO3. The highest BCUT2D eigenvalue weighted by atomic mass is 35.5. The molecule has 2 rings (SSSR count). The predicted molar refractivity (Wildman–Crippen MR) is 95.7 cm³/mol. The van der Waals surface area contributed by atoms with Crippen LogP contribution >= 0.6 is 11.6 Å². The number of carbonyl (C=O) groups excluding carboxylic acids is 1. The Morgan fingerprint density at radius 2 is 1.92 bits per heavy atom. The number of amides is 1. The van der Waals surface area contributed by atoms with Gasteiger partial charge in [-0.05, 0) is 49.7 Å². The number of halogens is 1. The lowest BCUT2D eigenvalue weighted by Crippen LogP contribution is -2.26. The van der Waals surface area contributed by atoms with E-state index in [4.69, 9.17) is 21.1 Å². The second-order valence-corrected chi connectivity index (χ2v) is 5.87. The summed E-state index contributed by atoms with van der Waals surface area (Å²) in [6.07, 6.45) is 0. The maximum absolute atomic E-state index is 12.5. The van der Waals surface area contributed by atoms with Crippen LogP contribution in [0.2, 0.25) is 5.02 Å². The molecule has 1 amide bonds. The molecular weight excluding hydrogens is 326 g/mol. The van der Waals surface area contributed by atoms with E-state index < -0.39 is 0 Å². The van der Waals surface area contributed by atoms with Crippen molar-refractivity contribution >= 4 is 17.5 Å². The van der Waals surface area contributed by atoms with Gasteiger partial charge in [-0.1, -0.05) is 23.7 Å². The van der Waals surface area contributed by atoms with Gasteiger partial charge in [-0.15, -0.1) is 0 Å². The van der Waals surface area contributed by atoms with Crippen molar-refractivity contribution in [2.24, 2.45) is 0 Å². The first-order valence-corrected chi connectivity index (χ1v) is 8.24. The van der Waals surface area contributed by atoms with Crippen molar-refractivity contribution in [2.45, 2.75) is 26.5 Å². The molecule has 0 aromatic heterocycles. The average molecular weight is 348 g/mol. The summed E-state index contributed by atoms with van der Waals surface area (Å²) in [6.45, 7) is 4.82. The number of hydrogen-bond donors (Lipinski definition) is 1. The maximum atomic E-state index is 12.5. The van der Waals surface area contributed by atoms with Gasteiger partial charge in [0, 0.05) is 23.3 Å². The number of methoxy groups -OCH3 is 1. The third-order valence-electron chi connectivity index (χ3n) is 3.64. The molecule has 0 unspecified atom stereocenters. The maximum Gasteiger partial charge on any atom is 0.251 e. The minimum absolute atomic E-state index is 0.118. The fourth-order valence-electron chi connectivity index (χ4n) is 2.40. The molecule has 24 heavy (non-hydrogen) atoms. The zero-order valence-electron chi connectivity index (χ0n) is 14.1. The standard InChI is InChI=1S/C19H22ClNO3/c1-4-24-18-10-7-15(11-16(18)12-23-3)19(22)21-13(2)14-5-8-17(20)9-6-14/h5-11,13H,4,12H2,1-3H3,(H,21,22)/t13-/m0/s1. The summed E-state index contributed by atoms with van der Waals surface area (Å²) in [7, 11) is 1.62. The first-order valence-electron chi connectivity index (χ1n) is 7.86. The molecule has 0 saturated carbocycles. The fraction of sp³-hybridized carbons (Fsp3) is 0.316.